The van der Waals surface area contributed by atoms with Gasteiger partial charge in [0.1, 0.15) is 0 Å². The van der Waals surface area contributed by atoms with Gasteiger partial charge in [-0.15, -0.1) is 0 Å². The molecule has 1 aromatic carbocycles. The summed E-state index contributed by atoms with van der Waals surface area (Å²) in [5.74, 6) is 6.34. The number of rotatable bonds is 0. The molecule has 0 radical (unpaired) electrons. The first-order chi connectivity index (χ1) is 8.16. The Hall–Kier alpha value is -2.07. The van der Waals surface area contributed by atoms with Crippen molar-refractivity contribution in [1.82, 2.24) is 4.98 Å². The molecule has 0 saturated carbocycles. The molecule has 1 heteroatoms. The van der Waals surface area contributed by atoms with Gasteiger partial charge in [0, 0.05) is 23.5 Å². The first-order valence-electron chi connectivity index (χ1n) is 5.67. The van der Waals surface area contributed by atoms with Crippen LogP contribution in [0.25, 0.3) is 0 Å². The van der Waals surface area contributed by atoms with Gasteiger partial charge in [-0.05, 0) is 55.7 Å². The molecule has 0 spiro atoms. The molecule has 0 aliphatic rings. The molecule has 0 amide bonds. The van der Waals surface area contributed by atoms with Crippen LogP contribution in [0, 0.1) is 32.6 Å². The summed E-state index contributed by atoms with van der Waals surface area (Å²) in [6.07, 6.45) is 3.54. The summed E-state index contributed by atoms with van der Waals surface area (Å²) in [6, 6.07) is 8.20. The third kappa shape index (κ3) is 2.73. The van der Waals surface area contributed by atoms with Gasteiger partial charge in [-0.3, -0.25) is 4.98 Å². The van der Waals surface area contributed by atoms with Crippen molar-refractivity contribution in [2.75, 3.05) is 0 Å². The van der Waals surface area contributed by atoms with E-state index in [4.69, 9.17) is 0 Å². The molecule has 2 rings (SSSR count). The van der Waals surface area contributed by atoms with E-state index < -0.39 is 0 Å². The molecule has 1 heterocycles. The zero-order valence-electron chi connectivity index (χ0n) is 10.4. The summed E-state index contributed by atoms with van der Waals surface area (Å²) >= 11 is 0. The van der Waals surface area contributed by atoms with E-state index in [1.54, 1.807) is 12.4 Å². The van der Waals surface area contributed by atoms with Crippen LogP contribution in [-0.2, 0) is 0 Å². The molecule has 0 atom stereocenters. The number of benzene rings is 1. The predicted molar refractivity (Wildman–Crippen MR) is 70.9 cm³/mol. The summed E-state index contributed by atoms with van der Waals surface area (Å²) in [5, 5.41) is 0. The molecule has 2 aromatic rings. The van der Waals surface area contributed by atoms with Crippen LogP contribution in [0.2, 0.25) is 0 Å². The van der Waals surface area contributed by atoms with Gasteiger partial charge >= 0.3 is 0 Å². The quantitative estimate of drug-likeness (QED) is 0.621. The van der Waals surface area contributed by atoms with E-state index in [1.807, 2.05) is 12.1 Å². The van der Waals surface area contributed by atoms with E-state index in [1.165, 1.54) is 16.7 Å². The van der Waals surface area contributed by atoms with Crippen molar-refractivity contribution in [3.05, 3.63) is 64.5 Å². The Kier molecular flexibility index (Phi) is 3.25. The van der Waals surface area contributed by atoms with Crippen LogP contribution >= 0.6 is 0 Å². The molecular weight excluding hydrogens is 206 g/mol. The lowest BCUT2D eigenvalue weighted by Crippen LogP contribution is -1.88. The van der Waals surface area contributed by atoms with E-state index in [9.17, 15) is 0 Å². The highest BCUT2D eigenvalue weighted by Crippen LogP contribution is 2.14. The minimum absolute atomic E-state index is 0.949. The topological polar surface area (TPSA) is 12.9 Å². The van der Waals surface area contributed by atoms with Gasteiger partial charge in [0.05, 0.1) is 0 Å². The molecule has 0 bridgehead atoms. The Morgan fingerprint density at radius 2 is 1.71 bits per heavy atom. The monoisotopic (exact) mass is 221 g/mol. The minimum Gasteiger partial charge on any atom is -0.263 e. The van der Waals surface area contributed by atoms with Crippen molar-refractivity contribution in [1.29, 1.82) is 0 Å². The summed E-state index contributed by atoms with van der Waals surface area (Å²) < 4.78 is 0. The summed E-state index contributed by atoms with van der Waals surface area (Å²) in [4.78, 5) is 4.05. The average molecular weight is 221 g/mol. The zero-order chi connectivity index (χ0) is 12.3. The van der Waals surface area contributed by atoms with E-state index >= 15 is 0 Å². The van der Waals surface area contributed by atoms with Crippen LogP contribution in [0.15, 0.2) is 36.7 Å². The predicted octanol–water partition coefficient (Wildman–Crippen LogP) is 3.41. The van der Waals surface area contributed by atoms with Crippen LogP contribution in [0.4, 0.5) is 0 Å². The fraction of sp³-hybridized carbons (Fsp3) is 0.188. The highest BCUT2D eigenvalue weighted by atomic mass is 14.6. The van der Waals surface area contributed by atoms with Crippen LogP contribution in [-0.4, -0.2) is 4.98 Å². The van der Waals surface area contributed by atoms with Crippen molar-refractivity contribution in [3.63, 3.8) is 0 Å². The lowest BCUT2D eigenvalue weighted by atomic mass is 10.0. The summed E-state index contributed by atoms with van der Waals surface area (Å²) in [7, 11) is 0. The molecule has 17 heavy (non-hydrogen) atoms. The van der Waals surface area contributed by atoms with Gasteiger partial charge in [-0.25, -0.2) is 0 Å². The number of aryl methyl sites for hydroxylation is 3. The summed E-state index contributed by atoms with van der Waals surface area (Å²) in [6.45, 7) is 6.34. The van der Waals surface area contributed by atoms with Gasteiger partial charge in [0.25, 0.3) is 0 Å². The second-order valence-corrected chi connectivity index (χ2v) is 4.24. The highest BCUT2D eigenvalue weighted by molar-refractivity contribution is 5.48. The van der Waals surface area contributed by atoms with Crippen LogP contribution in [0.5, 0.6) is 0 Å². The Bertz CT molecular complexity index is 586. The van der Waals surface area contributed by atoms with Crippen molar-refractivity contribution >= 4 is 0 Å². The SMILES string of the molecule is Cc1cc(C)c(C#Cc2cccnc2)cc1C. The molecule has 0 aliphatic heterocycles. The molecule has 0 N–H and O–H groups in total. The van der Waals surface area contributed by atoms with Crippen molar-refractivity contribution in [3.8, 4) is 11.8 Å². The number of aromatic nitrogens is 1. The molecule has 0 fully saturated rings. The minimum atomic E-state index is 0.949. The molecule has 0 aliphatic carbocycles. The van der Waals surface area contributed by atoms with Crippen molar-refractivity contribution in [2.24, 2.45) is 0 Å². The molecule has 1 aromatic heterocycles. The smallest absolute Gasteiger partial charge is 0.0432 e. The highest BCUT2D eigenvalue weighted by Gasteiger charge is 1.98. The zero-order valence-corrected chi connectivity index (χ0v) is 10.4. The van der Waals surface area contributed by atoms with Gasteiger partial charge in [-0.1, -0.05) is 17.9 Å². The maximum Gasteiger partial charge on any atom is 0.0432 e. The third-order valence-corrected chi connectivity index (χ3v) is 2.84. The normalized spacial score (nSPS) is 9.59. The maximum atomic E-state index is 4.05. The second-order valence-electron chi connectivity index (χ2n) is 4.24. The van der Waals surface area contributed by atoms with Crippen LogP contribution < -0.4 is 0 Å². The maximum absolute atomic E-state index is 4.05. The lowest BCUT2D eigenvalue weighted by molar-refractivity contribution is 1.28. The first-order valence-corrected chi connectivity index (χ1v) is 5.67. The van der Waals surface area contributed by atoms with Crippen LogP contribution in [0.3, 0.4) is 0 Å². The first kappa shape index (κ1) is 11.4. The number of hydrogen-bond acceptors (Lipinski definition) is 1. The van der Waals surface area contributed by atoms with Gasteiger partial charge < -0.3 is 0 Å². The van der Waals surface area contributed by atoms with Crippen LogP contribution in [0.1, 0.15) is 27.8 Å². The fourth-order valence-corrected chi connectivity index (χ4v) is 1.67. The van der Waals surface area contributed by atoms with E-state index in [0.717, 1.165) is 11.1 Å². The van der Waals surface area contributed by atoms with E-state index in [0.29, 0.717) is 0 Å². The Labute approximate surface area is 103 Å². The molecule has 84 valence electrons. The number of hydrogen-bond donors (Lipinski definition) is 0. The Morgan fingerprint density at radius 3 is 2.41 bits per heavy atom. The van der Waals surface area contributed by atoms with E-state index in [-0.39, 0.29) is 0 Å². The molecule has 1 nitrogen and oxygen atoms in total. The fourth-order valence-electron chi connectivity index (χ4n) is 1.67. The molecule has 0 saturated heterocycles. The second kappa shape index (κ2) is 4.84. The number of pyridine rings is 1. The van der Waals surface area contributed by atoms with Gasteiger partial charge in [-0.2, -0.15) is 0 Å². The number of nitrogens with zero attached hydrogens (tertiary/aromatic N) is 1. The van der Waals surface area contributed by atoms with Gasteiger partial charge in [0.2, 0.25) is 0 Å². The Morgan fingerprint density at radius 1 is 0.941 bits per heavy atom. The molecule has 0 unspecified atom stereocenters. The average Bonchev–Trinajstić information content (AvgIpc) is 2.33. The largest absolute Gasteiger partial charge is 0.263 e. The summed E-state index contributed by atoms with van der Waals surface area (Å²) in [5.41, 5.74) is 5.87. The van der Waals surface area contributed by atoms with Crippen molar-refractivity contribution in [2.45, 2.75) is 20.8 Å². The Balaban J connectivity index is 2.38. The van der Waals surface area contributed by atoms with Crippen molar-refractivity contribution < 1.29 is 0 Å². The lowest BCUT2D eigenvalue weighted by Gasteiger charge is -2.04. The molecular formula is C16H15N. The third-order valence-electron chi connectivity index (χ3n) is 2.84. The van der Waals surface area contributed by atoms with Gasteiger partial charge in [0.15, 0.2) is 0 Å². The standard InChI is InChI=1S/C16H15N/c1-12-9-14(3)16(10-13(12)2)7-6-15-5-4-8-17-11-15/h4-5,8-11H,1-3H3. The van der Waals surface area contributed by atoms with E-state index in [2.05, 4.69) is 49.7 Å².